The molecule has 0 aromatic carbocycles. The highest BCUT2D eigenvalue weighted by molar-refractivity contribution is 5.14. The Bertz CT molecular complexity index is 69.6. The summed E-state index contributed by atoms with van der Waals surface area (Å²) in [4.78, 5) is 0. The van der Waals surface area contributed by atoms with Gasteiger partial charge in [-0.05, 0) is 0 Å². The minimum absolute atomic E-state index is 0.481. The summed E-state index contributed by atoms with van der Waals surface area (Å²) in [6.45, 7) is 0. The summed E-state index contributed by atoms with van der Waals surface area (Å²) < 4.78 is 22.3. The van der Waals surface area contributed by atoms with Gasteiger partial charge in [0.2, 0.25) is 6.43 Å². The standard InChI is InChI=1S/C4H4F2/c5-4(6)3-1-2-3/h1-4H. The van der Waals surface area contributed by atoms with E-state index in [1.807, 2.05) is 0 Å². The van der Waals surface area contributed by atoms with Gasteiger partial charge in [0.15, 0.2) is 0 Å². The van der Waals surface area contributed by atoms with Gasteiger partial charge in [0.05, 0.1) is 5.92 Å². The summed E-state index contributed by atoms with van der Waals surface area (Å²) in [6, 6.07) is 0. The third-order valence-corrected chi connectivity index (χ3v) is 0.706. The van der Waals surface area contributed by atoms with Crippen LogP contribution in [-0.4, -0.2) is 6.43 Å². The van der Waals surface area contributed by atoms with E-state index in [9.17, 15) is 8.78 Å². The number of hydrogen-bond donors (Lipinski definition) is 0. The Balaban J connectivity index is 2.16. The first-order chi connectivity index (χ1) is 2.80. The van der Waals surface area contributed by atoms with E-state index in [1.54, 1.807) is 0 Å². The summed E-state index contributed by atoms with van der Waals surface area (Å²) in [5, 5.41) is 0. The smallest absolute Gasteiger partial charge is 0.209 e. The maximum atomic E-state index is 11.2. The molecule has 1 aliphatic carbocycles. The molecule has 34 valence electrons. The van der Waals surface area contributed by atoms with Crippen molar-refractivity contribution in [2.75, 3.05) is 0 Å². The molecule has 0 heterocycles. The summed E-state index contributed by atoms with van der Waals surface area (Å²) in [6.07, 6.45) is 0.833. The Kier molecular flexibility index (Phi) is 0.650. The van der Waals surface area contributed by atoms with E-state index in [0.29, 0.717) is 0 Å². The van der Waals surface area contributed by atoms with Crippen LogP contribution in [0.3, 0.4) is 0 Å². The van der Waals surface area contributed by atoms with Crippen LogP contribution in [0.4, 0.5) is 8.78 Å². The Morgan fingerprint density at radius 1 is 1.33 bits per heavy atom. The van der Waals surface area contributed by atoms with Crippen LogP contribution in [0.2, 0.25) is 0 Å². The van der Waals surface area contributed by atoms with Crippen molar-refractivity contribution in [3.8, 4) is 0 Å². The number of hydrogen-bond acceptors (Lipinski definition) is 0. The van der Waals surface area contributed by atoms with Crippen LogP contribution in [0.25, 0.3) is 0 Å². The van der Waals surface area contributed by atoms with E-state index < -0.39 is 12.3 Å². The predicted molar refractivity (Wildman–Crippen MR) is 18.6 cm³/mol. The fourth-order valence-corrected chi connectivity index (χ4v) is 0.232. The number of allylic oxidation sites excluding steroid dienone is 2. The largest absolute Gasteiger partial charge is 0.248 e. The first kappa shape index (κ1) is 3.78. The molecule has 0 spiro atoms. The molecule has 0 amide bonds. The highest BCUT2D eigenvalue weighted by atomic mass is 19.3. The zero-order chi connectivity index (χ0) is 4.57. The minimum atomic E-state index is -2.15. The van der Waals surface area contributed by atoms with Gasteiger partial charge < -0.3 is 0 Å². The van der Waals surface area contributed by atoms with Crippen molar-refractivity contribution in [1.29, 1.82) is 0 Å². The molecule has 2 heteroatoms. The van der Waals surface area contributed by atoms with Gasteiger partial charge in [0, 0.05) is 0 Å². The fraction of sp³-hybridized carbons (Fsp3) is 0.500. The molecule has 1 rings (SSSR count). The lowest BCUT2D eigenvalue weighted by atomic mass is 10.4. The minimum Gasteiger partial charge on any atom is -0.209 e. The van der Waals surface area contributed by atoms with Crippen LogP contribution in [0.15, 0.2) is 12.2 Å². The van der Waals surface area contributed by atoms with Gasteiger partial charge in [0.25, 0.3) is 0 Å². The second kappa shape index (κ2) is 1.03. The van der Waals surface area contributed by atoms with Crippen LogP contribution in [0.5, 0.6) is 0 Å². The molecule has 0 fully saturated rings. The maximum absolute atomic E-state index is 11.2. The quantitative estimate of drug-likeness (QED) is 0.427. The van der Waals surface area contributed by atoms with Crippen LogP contribution < -0.4 is 0 Å². The number of halogens is 2. The van der Waals surface area contributed by atoms with Crippen molar-refractivity contribution in [3.05, 3.63) is 12.2 Å². The van der Waals surface area contributed by atoms with Gasteiger partial charge in [-0.2, -0.15) is 0 Å². The first-order valence-corrected chi connectivity index (χ1v) is 1.77. The van der Waals surface area contributed by atoms with Gasteiger partial charge >= 0.3 is 0 Å². The molecule has 6 heavy (non-hydrogen) atoms. The lowest BCUT2D eigenvalue weighted by molar-refractivity contribution is 0.132. The summed E-state index contributed by atoms with van der Waals surface area (Å²) >= 11 is 0. The van der Waals surface area contributed by atoms with Crippen molar-refractivity contribution < 1.29 is 8.78 Å². The lowest BCUT2D eigenvalue weighted by Crippen LogP contribution is -1.91. The lowest BCUT2D eigenvalue weighted by Gasteiger charge is -1.86. The summed E-state index contributed by atoms with van der Waals surface area (Å²) in [5.41, 5.74) is 0. The Morgan fingerprint density at radius 2 is 1.83 bits per heavy atom. The summed E-state index contributed by atoms with van der Waals surface area (Å²) in [7, 11) is 0. The summed E-state index contributed by atoms with van der Waals surface area (Å²) in [5.74, 6) is -0.481. The highest BCUT2D eigenvalue weighted by Gasteiger charge is 2.21. The third kappa shape index (κ3) is 0.559. The third-order valence-electron chi connectivity index (χ3n) is 0.706. The van der Waals surface area contributed by atoms with Gasteiger partial charge in [0.1, 0.15) is 0 Å². The van der Waals surface area contributed by atoms with E-state index in [0.717, 1.165) is 0 Å². The molecular formula is C4H4F2. The zero-order valence-corrected chi connectivity index (χ0v) is 3.07. The molecule has 0 saturated heterocycles. The van der Waals surface area contributed by atoms with Crippen molar-refractivity contribution in [3.63, 3.8) is 0 Å². The van der Waals surface area contributed by atoms with Crippen LogP contribution >= 0.6 is 0 Å². The van der Waals surface area contributed by atoms with Crippen LogP contribution in [-0.2, 0) is 0 Å². The van der Waals surface area contributed by atoms with Crippen molar-refractivity contribution in [1.82, 2.24) is 0 Å². The van der Waals surface area contributed by atoms with Crippen molar-refractivity contribution in [2.24, 2.45) is 5.92 Å². The first-order valence-electron chi connectivity index (χ1n) is 1.77. The van der Waals surface area contributed by atoms with Crippen LogP contribution in [0.1, 0.15) is 0 Å². The van der Waals surface area contributed by atoms with Crippen molar-refractivity contribution >= 4 is 0 Å². The molecule has 0 radical (unpaired) electrons. The Morgan fingerprint density at radius 3 is 1.83 bits per heavy atom. The SMILES string of the molecule is FC(F)C1C=C1. The van der Waals surface area contributed by atoms with E-state index >= 15 is 0 Å². The zero-order valence-electron chi connectivity index (χ0n) is 3.07. The predicted octanol–water partition coefficient (Wildman–Crippen LogP) is 1.44. The average molecular weight is 90.1 g/mol. The maximum Gasteiger partial charge on any atom is 0.248 e. The number of alkyl halides is 2. The normalized spacial score (nSPS) is 19.8. The molecule has 0 N–H and O–H groups in total. The van der Waals surface area contributed by atoms with E-state index in [4.69, 9.17) is 0 Å². The number of rotatable bonds is 1. The van der Waals surface area contributed by atoms with E-state index in [1.165, 1.54) is 12.2 Å². The monoisotopic (exact) mass is 90.0 g/mol. The molecule has 0 unspecified atom stereocenters. The molecule has 0 nitrogen and oxygen atoms in total. The van der Waals surface area contributed by atoms with Gasteiger partial charge in [-0.1, -0.05) is 12.2 Å². The molecule has 0 bridgehead atoms. The fourth-order valence-electron chi connectivity index (χ4n) is 0.232. The topological polar surface area (TPSA) is 0 Å². The molecule has 0 aromatic heterocycles. The molecule has 1 aliphatic rings. The molecular weight excluding hydrogens is 86.0 g/mol. The molecule has 0 aromatic rings. The Hall–Kier alpha value is -0.400. The van der Waals surface area contributed by atoms with E-state index in [-0.39, 0.29) is 0 Å². The molecule has 0 atom stereocenters. The van der Waals surface area contributed by atoms with E-state index in [2.05, 4.69) is 0 Å². The Labute approximate surface area is 34.5 Å². The second-order valence-corrected chi connectivity index (χ2v) is 1.30. The highest BCUT2D eigenvalue weighted by Crippen LogP contribution is 2.23. The van der Waals surface area contributed by atoms with Crippen molar-refractivity contribution in [2.45, 2.75) is 6.43 Å². The van der Waals surface area contributed by atoms with Gasteiger partial charge in [-0.25, -0.2) is 8.78 Å². The van der Waals surface area contributed by atoms with Crippen LogP contribution in [0, 0.1) is 5.92 Å². The average Bonchev–Trinajstić information content (AvgIpc) is 2.06. The van der Waals surface area contributed by atoms with Gasteiger partial charge in [-0.3, -0.25) is 0 Å². The van der Waals surface area contributed by atoms with Gasteiger partial charge in [-0.15, -0.1) is 0 Å². The molecule has 0 saturated carbocycles. The second-order valence-electron chi connectivity index (χ2n) is 1.30. The molecule has 0 aliphatic heterocycles.